The van der Waals surface area contributed by atoms with Crippen LogP contribution in [0.1, 0.15) is 5.82 Å². The van der Waals surface area contributed by atoms with Gasteiger partial charge in [-0.15, -0.1) is 0 Å². The van der Waals surface area contributed by atoms with Gasteiger partial charge in [-0.25, -0.2) is 0 Å². The average Bonchev–Trinajstić information content (AvgIpc) is 2.11. The maximum Gasteiger partial charge on any atom is 0.225 e. The number of aromatic nitrogens is 3. The zero-order valence-electron chi connectivity index (χ0n) is 7.93. The van der Waals surface area contributed by atoms with Crippen molar-refractivity contribution in [1.29, 1.82) is 0 Å². The molecule has 0 fully saturated rings. The van der Waals surface area contributed by atoms with Gasteiger partial charge in [0.1, 0.15) is 5.82 Å². The standard InChI is InChI=1S/C7H13N5OS/c1-13-2-3-14-4-5-10-6(8)12-7(9)11-5/h2-4H2,1H3,(H4,8,9,10,11,12). The minimum atomic E-state index is 0.167. The number of anilines is 2. The van der Waals surface area contributed by atoms with Crippen molar-refractivity contribution in [1.82, 2.24) is 15.0 Å². The van der Waals surface area contributed by atoms with Crippen LogP contribution in [0.3, 0.4) is 0 Å². The van der Waals surface area contributed by atoms with Crippen molar-refractivity contribution >= 4 is 23.7 Å². The van der Waals surface area contributed by atoms with E-state index in [-0.39, 0.29) is 11.9 Å². The summed E-state index contributed by atoms with van der Waals surface area (Å²) in [5.41, 5.74) is 10.8. The van der Waals surface area contributed by atoms with Crippen LogP contribution < -0.4 is 11.5 Å². The van der Waals surface area contributed by atoms with E-state index in [1.807, 2.05) is 0 Å². The van der Waals surface area contributed by atoms with Gasteiger partial charge in [0.15, 0.2) is 0 Å². The Balaban J connectivity index is 2.42. The van der Waals surface area contributed by atoms with Crippen molar-refractivity contribution in [3.8, 4) is 0 Å². The van der Waals surface area contributed by atoms with Gasteiger partial charge in [0.05, 0.1) is 12.4 Å². The number of thioether (sulfide) groups is 1. The Hall–Kier alpha value is -1.08. The highest BCUT2D eigenvalue weighted by atomic mass is 32.2. The number of ether oxygens (including phenoxy) is 1. The fraction of sp³-hybridized carbons (Fsp3) is 0.571. The molecule has 1 heterocycles. The average molecular weight is 215 g/mol. The van der Waals surface area contributed by atoms with Crippen LogP contribution in [0.5, 0.6) is 0 Å². The molecule has 1 aromatic heterocycles. The highest BCUT2D eigenvalue weighted by molar-refractivity contribution is 7.98. The van der Waals surface area contributed by atoms with Gasteiger partial charge in [0, 0.05) is 12.9 Å². The van der Waals surface area contributed by atoms with E-state index in [1.54, 1.807) is 18.9 Å². The molecule has 6 nitrogen and oxygen atoms in total. The molecular formula is C7H13N5OS. The third-order valence-corrected chi connectivity index (χ3v) is 2.30. The fourth-order valence-electron chi connectivity index (χ4n) is 0.827. The number of hydrogen-bond donors (Lipinski definition) is 2. The zero-order valence-corrected chi connectivity index (χ0v) is 8.75. The molecule has 0 saturated carbocycles. The maximum atomic E-state index is 5.41. The van der Waals surface area contributed by atoms with Gasteiger partial charge in [0.25, 0.3) is 0 Å². The van der Waals surface area contributed by atoms with E-state index in [0.717, 1.165) is 5.75 Å². The monoisotopic (exact) mass is 215 g/mol. The first-order valence-electron chi connectivity index (χ1n) is 4.05. The van der Waals surface area contributed by atoms with Gasteiger partial charge in [0.2, 0.25) is 11.9 Å². The van der Waals surface area contributed by atoms with Crippen molar-refractivity contribution in [3.63, 3.8) is 0 Å². The lowest BCUT2D eigenvalue weighted by atomic mass is 10.7. The molecule has 0 radical (unpaired) electrons. The van der Waals surface area contributed by atoms with Crippen LogP contribution in [0.4, 0.5) is 11.9 Å². The van der Waals surface area contributed by atoms with Crippen LogP contribution in [0, 0.1) is 0 Å². The second-order valence-electron chi connectivity index (χ2n) is 2.51. The van der Waals surface area contributed by atoms with Crippen LogP contribution in [-0.4, -0.2) is 34.4 Å². The smallest absolute Gasteiger partial charge is 0.225 e. The highest BCUT2D eigenvalue weighted by Crippen LogP contribution is 2.09. The van der Waals surface area contributed by atoms with E-state index in [9.17, 15) is 0 Å². The molecule has 0 aromatic carbocycles. The predicted molar refractivity (Wildman–Crippen MR) is 56.7 cm³/mol. The molecule has 0 atom stereocenters. The molecule has 0 aliphatic heterocycles. The second kappa shape index (κ2) is 5.61. The van der Waals surface area contributed by atoms with Crippen LogP contribution in [-0.2, 0) is 10.5 Å². The summed E-state index contributed by atoms with van der Waals surface area (Å²) in [7, 11) is 1.67. The minimum absolute atomic E-state index is 0.167. The SMILES string of the molecule is COCCSCc1nc(N)nc(N)n1. The molecule has 4 N–H and O–H groups in total. The van der Waals surface area contributed by atoms with Gasteiger partial charge >= 0.3 is 0 Å². The Bertz CT molecular complexity index is 275. The van der Waals surface area contributed by atoms with Gasteiger partial charge in [-0.05, 0) is 0 Å². The van der Waals surface area contributed by atoms with Crippen molar-refractivity contribution in [3.05, 3.63) is 5.82 Å². The van der Waals surface area contributed by atoms with Gasteiger partial charge in [-0.3, -0.25) is 0 Å². The highest BCUT2D eigenvalue weighted by Gasteiger charge is 2.01. The normalized spacial score (nSPS) is 10.4. The molecular weight excluding hydrogens is 202 g/mol. The molecule has 0 saturated heterocycles. The molecule has 78 valence electrons. The lowest BCUT2D eigenvalue weighted by Gasteiger charge is -2.01. The molecule has 0 amide bonds. The number of rotatable bonds is 5. The van der Waals surface area contributed by atoms with Crippen molar-refractivity contribution in [2.24, 2.45) is 0 Å². The van der Waals surface area contributed by atoms with Crippen molar-refractivity contribution < 1.29 is 4.74 Å². The topological polar surface area (TPSA) is 99.9 Å². The van der Waals surface area contributed by atoms with E-state index in [2.05, 4.69) is 15.0 Å². The second-order valence-corrected chi connectivity index (χ2v) is 3.62. The molecule has 1 aromatic rings. The molecule has 0 aliphatic rings. The van der Waals surface area contributed by atoms with Crippen LogP contribution in [0.25, 0.3) is 0 Å². The Morgan fingerprint density at radius 2 is 1.86 bits per heavy atom. The molecule has 1 rings (SSSR count). The zero-order chi connectivity index (χ0) is 10.4. The van der Waals surface area contributed by atoms with Gasteiger partial charge in [-0.2, -0.15) is 26.7 Å². The summed E-state index contributed by atoms with van der Waals surface area (Å²) < 4.78 is 4.90. The van der Waals surface area contributed by atoms with Crippen LogP contribution in [0.2, 0.25) is 0 Å². The molecule has 7 heteroatoms. The first-order valence-corrected chi connectivity index (χ1v) is 5.20. The molecule has 14 heavy (non-hydrogen) atoms. The third-order valence-electron chi connectivity index (χ3n) is 1.38. The summed E-state index contributed by atoms with van der Waals surface area (Å²) in [6.45, 7) is 0.709. The predicted octanol–water partition coefficient (Wildman–Crippen LogP) is -0.0844. The summed E-state index contributed by atoms with van der Waals surface area (Å²) in [6.07, 6.45) is 0. The van der Waals surface area contributed by atoms with E-state index in [4.69, 9.17) is 16.2 Å². The van der Waals surface area contributed by atoms with Crippen molar-refractivity contribution in [2.75, 3.05) is 30.9 Å². The molecule has 0 unspecified atom stereocenters. The van der Waals surface area contributed by atoms with Gasteiger partial charge in [-0.1, -0.05) is 0 Å². The molecule has 0 bridgehead atoms. The lowest BCUT2D eigenvalue weighted by Crippen LogP contribution is -2.06. The number of methoxy groups -OCH3 is 1. The minimum Gasteiger partial charge on any atom is -0.384 e. The van der Waals surface area contributed by atoms with Crippen LogP contribution >= 0.6 is 11.8 Å². The first-order chi connectivity index (χ1) is 6.72. The van der Waals surface area contributed by atoms with E-state index < -0.39 is 0 Å². The van der Waals surface area contributed by atoms with E-state index in [0.29, 0.717) is 18.2 Å². The number of nitrogens with two attached hydrogens (primary N) is 2. The number of hydrogen-bond acceptors (Lipinski definition) is 7. The van der Waals surface area contributed by atoms with Gasteiger partial charge < -0.3 is 16.2 Å². The molecule has 0 aliphatic carbocycles. The van der Waals surface area contributed by atoms with Crippen LogP contribution in [0.15, 0.2) is 0 Å². The lowest BCUT2D eigenvalue weighted by molar-refractivity contribution is 0.218. The largest absolute Gasteiger partial charge is 0.384 e. The molecule has 0 spiro atoms. The van der Waals surface area contributed by atoms with E-state index >= 15 is 0 Å². The summed E-state index contributed by atoms with van der Waals surface area (Å²) >= 11 is 1.66. The summed E-state index contributed by atoms with van der Waals surface area (Å²) in [5.74, 6) is 2.50. The summed E-state index contributed by atoms with van der Waals surface area (Å²) in [6, 6.07) is 0. The van der Waals surface area contributed by atoms with Crippen molar-refractivity contribution in [2.45, 2.75) is 5.75 Å². The summed E-state index contributed by atoms with van der Waals surface area (Å²) in [4.78, 5) is 11.6. The maximum absolute atomic E-state index is 5.41. The number of nitrogens with zero attached hydrogens (tertiary/aromatic N) is 3. The summed E-state index contributed by atoms with van der Waals surface area (Å²) in [5, 5.41) is 0. The number of nitrogen functional groups attached to an aromatic ring is 2. The third kappa shape index (κ3) is 3.75. The fourth-order valence-corrected chi connectivity index (χ4v) is 1.57. The quantitative estimate of drug-likeness (QED) is 0.662. The van der Waals surface area contributed by atoms with E-state index in [1.165, 1.54) is 0 Å². The Morgan fingerprint density at radius 3 is 2.43 bits per heavy atom. The Morgan fingerprint density at radius 1 is 1.21 bits per heavy atom. The first kappa shape index (κ1) is 11.0. The Labute approximate surface area is 86.5 Å². The Kier molecular flexibility index (Phi) is 4.41.